The Morgan fingerprint density at radius 3 is 2.67 bits per heavy atom. The Kier molecular flexibility index (Phi) is 3.72. The van der Waals surface area contributed by atoms with Crippen LogP contribution in [-0.2, 0) is 6.61 Å². The summed E-state index contributed by atoms with van der Waals surface area (Å²) in [6, 6.07) is 9.88. The molecule has 0 radical (unpaired) electrons. The van der Waals surface area contributed by atoms with Crippen LogP contribution in [0.4, 0.5) is 10.1 Å². The van der Waals surface area contributed by atoms with Gasteiger partial charge in [-0.2, -0.15) is 0 Å². The Balaban J connectivity index is 2.09. The lowest BCUT2D eigenvalue weighted by atomic mass is 10.2. The number of halogens is 2. The molecule has 2 nitrogen and oxygen atoms in total. The van der Waals surface area contributed by atoms with Gasteiger partial charge in [0, 0.05) is 16.3 Å². The fraction of sp³-hybridized carbons (Fsp3) is 0.143. The van der Waals surface area contributed by atoms with Crippen LogP contribution >= 0.6 is 11.6 Å². The molecular weight excluding hydrogens is 253 g/mol. The zero-order chi connectivity index (χ0) is 13.1. The van der Waals surface area contributed by atoms with E-state index in [0.717, 1.165) is 5.56 Å². The molecule has 0 aliphatic rings. The molecule has 0 spiro atoms. The van der Waals surface area contributed by atoms with Crippen LogP contribution in [0.5, 0.6) is 5.75 Å². The summed E-state index contributed by atoms with van der Waals surface area (Å²) in [6.07, 6.45) is 0. The average molecular weight is 266 g/mol. The van der Waals surface area contributed by atoms with Gasteiger partial charge in [-0.1, -0.05) is 17.7 Å². The third-order valence-electron chi connectivity index (χ3n) is 2.63. The highest BCUT2D eigenvalue weighted by Gasteiger charge is 2.03. The smallest absolute Gasteiger partial charge is 0.126 e. The second-order valence-corrected chi connectivity index (χ2v) is 4.48. The van der Waals surface area contributed by atoms with E-state index in [-0.39, 0.29) is 5.82 Å². The van der Waals surface area contributed by atoms with Crippen molar-refractivity contribution in [3.63, 3.8) is 0 Å². The molecule has 2 aromatic carbocycles. The molecule has 0 saturated carbocycles. The highest BCUT2D eigenvalue weighted by atomic mass is 35.5. The third kappa shape index (κ3) is 2.93. The molecule has 0 aliphatic heterocycles. The van der Waals surface area contributed by atoms with Crippen LogP contribution in [-0.4, -0.2) is 0 Å². The molecule has 0 amide bonds. The summed E-state index contributed by atoms with van der Waals surface area (Å²) >= 11 is 5.81. The first-order valence-electron chi connectivity index (χ1n) is 5.49. The van der Waals surface area contributed by atoms with Crippen molar-refractivity contribution in [2.24, 2.45) is 0 Å². The van der Waals surface area contributed by atoms with Gasteiger partial charge < -0.3 is 10.5 Å². The second kappa shape index (κ2) is 5.27. The van der Waals surface area contributed by atoms with Gasteiger partial charge in [0.1, 0.15) is 18.2 Å². The molecule has 0 heterocycles. The van der Waals surface area contributed by atoms with Gasteiger partial charge in [-0.3, -0.25) is 0 Å². The molecule has 4 heteroatoms. The zero-order valence-corrected chi connectivity index (χ0v) is 10.7. The number of hydrogen-bond donors (Lipinski definition) is 1. The fourth-order valence-electron chi connectivity index (χ4n) is 1.57. The fourth-order valence-corrected chi connectivity index (χ4v) is 1.75. The largest absolute Gasteiger partial charge is 0.489 e. The quantitative estimate of drug-likeness (QED) is 0.853. The summed E-state index contributed by atoms with van der Waals surface area (Å²) in [4.78, 5) is 0. The summed E-state index contributed by atoms with van der Waals surface area (Å²) in [5.74, 6) is 0.372. The molecule has 0 fully saturated rings. The summed E-state index contributed by atoms with van der Waals surface area (Å²) in [5, 5.41) is 0.592. The monoisotopic (exact) mass is 265 g/mol. The van der Waals surface area contributed by atoms with Crippen LogP contribution in [0.1, 0.15) is 11.1 Å². The van der Waals surface area contributed by atoms with E-state index >= 15 is 0 Å². The number of nitrogens with two attached hydrogens (primary N) is 1. The number of rotatable bonds is 3. The second-order valence-electron chi connectivity index (χ2n) is 4.04. The lowest BCUT2D eigenvalue weighted by Gasteiger charge is -2.09. The van der Waals surface area contributed by atoms with E-state index in [9.17, 15) is 4.39 Å². The van der Waals surface area contributed by atoms with Gasteiger partial charge >= 0.3 is 0 Å². The number of hydrogen-bond acceptors (Lipinski definition) is 2. The zero-order valence-electron chi connectivity index (χ0n) is 9.91. The van der Waals surface area contributed by atoms with E-state index in [1.807, 2.05) is 6.07 Å². The van der Waals surface area contributed by atoms with Crippen molar-refractivity contribution in [2.45, 2.75) is 13.5 Å². The average Bonchev–Trinajstić information content (AvgIpc) is 2.32. The molecule has 0 saturated heterocycles. The summed E-state index contributed by atoms with van der Waals surface area (Å²) in [7, 11) is 0. The number of nitrogen functional groups attached to an aromatic ring is 1. The molecule has 2 N–H and O–H groups in total. The first-order chi connectivity index (χ1) is 8.56. The van der Waals surface area contributed by atoms with Crippen molar-refractivity contribution < 1.29 is 9.13 Å². The number of ether oxygens (including phenoxy) is 1. The van der Waals surface area contributed by atoms with E-state index in [0.29, 0.717) is 28.6 Å². The van der Waals surface area contributed by atoms with Gasteiger partial charge in [-0.15, -0.1) is 0 Å². The van der Waals surface area contributed by atoms with Crippen molar-refractivity contribution in [3.05, 3.63) is 58.4 Å². The Labute approximate surface area is 110 Å². The van der Waals surface area contributed by atoms with E-state index in [1.54, 1.807) is 31.2 Å². The molecule has 0 atom stereocenters. The number of benzene rings is 2. The van der Waals surface area contributed by atoms with E-state index in [4.69, 9.17) is 22.1 Å². The van der Waals surface area contributed by atoms with Crippen LogP contribution < -0.4 is 10.5 Å². The molecule has 2 rings (SSSR count). The molecule has 94 valence electrons. The molecule has 0 bridgehead atoms. The Bertz CT molecular complexity index is 572. The lowest BCUT2D eigenvalue weighted by molar-refractivity contribution is 0.306. The highest BCUT2D eigenvalue weighted by Crippen LogP contribution is 2.21. The van der Waals surface area contributed by atoms with Crippen LogP contribution in [0.15, 0.2) is 36.4 Å². The standard InChI is InChI=1S/C14H13ClFNO/c1-9-6-12(4-5-13(9)16)18-8-10-2-3-11(15)7-14(10)17/h2-7H,8,17H2,1H3. The third-order valence-corrected chi connectivity index (χ3v) is 2.87. The maximum Gasteiger partial charge on any atom is 0.126 e. The molecule has 0 aliphatic carbocycles. The summed E-state index contributed by atoms with van der Waals surface area (Å²) < 4.78 is 18.6. The first kappa shape index (κ1) is 12.7. The van der Waals surface area contributed by atoms with Crippen molar-refractivity contribution in [2.75, 3.05) is 5.73 Å². The van der Waals surface area contributed by atoms with Crippen LogP contribution in [0, 0.1) is 12.7 Å². The molecular formula is C14H13ClFNO. The van der Waals surface area contributed by atoms with Gasteiger partial charge in [0.05, 0.1) is 0 Å². The van der Waals surface area contributed by atoms with E-state index < -0.39 is 0 Å². The van der Waals surface area contributed by atoms with Gasteiger partial charge in [0.25, 0.3) is 0 Å². The Hall–Kier alpha value is -1.74. The maximum atomic E-state index is 13.1. The van der Waals surface area contributed by atoms with Crippen molar-refractivity contribution >= 4 is 17.3 Å². The molecule has 18 heavy (non-hydrogen) atoms. The van der Waals surface area contributed by atoms with Crippen LogP contribution in [0.25, 0.3) is 0 Å². The van der Waals surface area contributed by atoms with Gasteiger partial charge in [-0.25, -0.2) is 4.39 Å². The van der Waals surface area contributed by atoms with Crippen molar-refractivity contribution in [3.8, 4) is 5.75 Å². The predicted octanol–water partition coefficient (Wildman–Crippen LogP) is 3.95. The highest BCUT2D eigenvalue weighted by molar-refractivity contribution is 6.30. The summed E-state index contributed by atoms with van der Waals surface area (Å²) in [6.45, 7) is 2.02. The number of anilines is 1. The Morgan fingerprint density at radius 2 is 2.00 bits per heavy atom. The minimum atomic E-state index is -0.242. The number of aryl methyl sites for hydroxylation is 1. The van der Waals surface area contributed by atoms with Gasteiger partial charge in [-0.05, 0) is 42.8 Å². The molecule has 2 aromatic rings. The van der Waals surface area contributed by atoms with E-state index in [2.05, 4.69) is 0 Å². The van der Waals surface area contributed by atoms with Gasteiger partial charge in [0.15, 0.2) is 0 Å². The van der Waals surface area contributed by atoms with Gasteiger partial charge in [0.2, 0.25) is 0 Å². The minimum absolute atomic E-state index is 0.242. The van der Waals surface area contributed by atoms with Crippen molar-refractivity contribution in [1.82, 2.24) is 0 Å². The first-order valence-corrected chi connectivity index (χ1v) is 5.87. The molecule has 0 aromatic heterocycles. The maximum absolute atomic E-state index is 13.1. The normalized spacial score (nSPS) is 10.4. The minimum Gasteiger partial charge on any atom is -0.489 e. The predicted molar refractivity (Wildman–Crippen MR) is 71.3 cm³/mol. The lowest BCUT2D eigenvalue weighted by Crippen LogP contribution is -2.00. The van der Waals surface area contributed by atoms with Crippen LogP contribution in [0.3, 0.4) is 0 Å². The summed E-state index contributed by atoms with van der Waals surface area (Å²) in [5.41, 5.74) is 7.80. The Morgan fingerprint density at radius 1 is 1.22 bits per heavy atom. The van der Waals surface area contributed by atoms with Crippen molar-refractivity contribution in [1.29, 1.82) is 0 Å². The van der Waals surface area contributed by atoms with Crippen LogP contribution in [0.2, 0.25) is 5.02 Å². The van der Waals surface area contributed by atoms with E-state index in [1.165, 1.54) is 6.07 Å². The topological polar surface area (TPSA) is 35.2 Å². The molecule has 0 unspecified atom stereocenters. The SMILES string of the molecule is Cc1cc(OCc2ccc(Cl)cc2N)ccc1F.